The number of aliphatic hydroxyl groups is 3. The van der Waals surface area contributed by atoms with Crippen LogP contribution in [0.3, 0.4) is 0 Å². The van der Waals surface area contributed by atoms with Crippen LogP contribution in [0, 0.1) is 5.92 Å². The maximum Gasteiger partial charge on any atom is 0.408 e. The maximum absolute atomic E-state index is 14.1. The first-order valence-electron chi connectivity index (χ1n) is 17.5. The number of rotatable bonds is 16. The molecule has 3 unspecified atom stereocenters. The molecule has 0 bridgehead atoms. The van der Waals surface area contributed by atoms with Gasteiger partial charge >= 0.3 is 6.09 Å². The number of benzene rings is 3. The molecule has 5 atom stereocenters. The number of amides is 2. The quantitative estimate of drug-likeness (QED) is 0.153. The van der Waals surface area contributed by atoms with Crippen molar-refractivity contribution in [3.63, 3.8) is 0 Å². The topological polar surface area (TPSA) is 150 Å². The minimum Gasteiger partial charge on any atom is -0.492 e. The van der Waals surface area contributed by atoms with Gasteiger partial charge < -0.3 is 40.2 Å². The van der Waals surface area contributed by atoms with Gasteiger partial charge in [0.25, 0.3) is 0 Å². The van der Waals surface area contributed by atoms with Crippen molar-refractivity contribution in [3.05, 3.63) is 101 Å². The van der Waals surface area contributed by atoms with E-state index in [-0.39, 0.29) is 25.4 Å². The van der Waals surface area contributed by atoms with Crippen molar-refractivity contribution in [1.82, 2.24) is 15.5 Å². The van der Waals surface area contributed by atoms with Gasteiger partial charge in [-0.05, 0) is 67.5 Å². The number of nitrogens with zero attached hydrogens (tertiary/aromatic N) is 1. The van der Waals surface area contributed by atoms with E-state index >= 15 is 0 Å². The van der Waals surface area contributed by atoms with Gasteiger partial charge in [0.15, 0.2) is 0 Å². The number of ether oxygens (including phenoxy) is 3. The second kappa shape index (κ2) is 17.8. The molecule has 5 rings (SSSR count). The summed E-state index contributed by atoms with van der Waals surface area (Å²) in [6, 6.07) is 23.4. The second-order valence-electron chi connectivity index (χ2n) is 13.9. The molecule has 0 spiro atoms. The molecule has 11 nitrogen and oxygen atoms in total. The van der Waals surface area contributed by atoms with Gasteiger partial charge in [-0.1, -0.05) is 66.7 Å². The average Bonchev–Trinajstić information content (AvgIpc) is 3.43. The highest BCUT2D eigenvalue weighted by Gasteiger charge is 2.35. The Kier molecular flexibility index (Phi) is 13.2. The van der Waals surface area contributed by atoms with Crippen LogP contribution in [-0.4, -0.2) is 102 Å². The average molecular weight is 690 g/mol. The normalized spacial score (nSPS) is 19.5. The van der Waals surface area contributed by atoms with Crippen LogP contribution in [0.2, 0.25) is 0 Å². The van der Waals surface area contributed by atoms with Crippen molar-refractivity contribution in [1.29, 1.82) is 0 Å². The lowest BCUT2D eigenvalue weighted by atomic mass is 9.88. The summed E-state index contributed by atoms with van der Waals surface area (Å²) in [4.78, 5) is 29.3. The van der Waals surface area contributed by atoms with E-state index in [9.17, 15) is 24.9 Å². The fraction of sp³-hybridized carbons (Fsp3) is 0.487. The van der Waals surface area contributed by atoms with Crippen molar-refractivity contribution in [2.45, 2.75) is 69.4 Å². The Labute approximate surface area is 294 Å². The molecule has 0 aromatic heterocycles. The minimum atomic E-state index is -1.14. The van der Waals surface area contributed by atoms with Crippen molar-refractivity contribution >= 4 is 12.0 Å². The van der Waals surface area contributed by atoms with Gasteiger partial charge in [-0.3, -0.25) is 9.69 Å². The summed E-state index contributed by atoms with van der Waals surface area (Å²) < 4.78 is 16.8. The molecule has 1 aliphatic heterocycles. The van der Waals surface area contributed by atoms with Gasteiger partial charge in [0.2, 0.25) is 5.91 Å². The van der Waals surface area contributed by atoms with E-state index in [1.807, 2.05) is 78.9 Å². The van der Waals surface area contributed by atoms with E-state index in [2.05, 4.69) is 15.5 Å². The van der Waals surface area contributed by atoms with Crippen LogP contribution in [0.4, 0.5) is 4.79 Å². The molecule has 270 valence electrons. The zero-order chi connectivity index (χ0) is 35.5. The first kappa shape index (κ1) is 37.3. The molecular weight excluding hydrogens is 638 g/mol. The third-order valence-corrected chi connectivity index (χ3v) is 9.40. The molecule has 2 aliphatic rings. The summed E-state index contributed by atoms with van der Waals surface area (Å²) in [6.45, 7) is 7.42. The van der Waals surface area contributed by atoms with Crippen LogP contribution in [0.5, 0.6) is 5.75 Å². The highest BCUT2D eigenvalue weighted by Crippen LogP contribution is 2.32. The molecule has 0 saturated carbocycles. The monoisotopic (exact) mass is 689 g/mol. The van der Waals surface area contributed by atoms with Crippen molar-refractivity contribution in [2.24, 2.45) is 5.92 Å². The third kappa shape index (κ3) is 10.7. The minimum absolute atomic E-state index is 0.0231. The maximum atomic E-state index is 14.1. The van der Waals surface area contributed by atoms with Crippen molar-refractivity contribution < 1.29 is 39.1 Å². The fourth-order valence-electron chi connectivity index (χ4n) is 6.50. The van der Waals surface area contributed by atoms with Crippen molar-refractivity contribution in [2.75, 3.05) is 46.1 Å². The van der Waals surface area contributed by atoms with Crippen molar-refractivity contribution in [3.8, 4) is 5.75 Å². The van der Waals surface area contributed by atoms with Gasteiger partial charge in [-0.15, -0.1) is 0 Å². The SMILES string of the molecule is CC(C)(CO)OC(=O)NC(Cc1ccccc1)C(O)CC(Cc1ccc(OCCN2CCOCC2)cc1)C(=O)N[C@H]1c2ccccc2C[C@@H]1O. The highest BCUT2D eigenvalue weighted by atomic mass is 16.6. The highest BCUT2D eigenvalue weighted by molar-refractivity contribution is 5.80. The third-order valence-electron chi connectivity index (χ3n) is 9.40. The zero-order valence-electron chi connectivity index (χ0n) is 29.0. The standard InChI is InChI=1S/C39H51N3O8/c1-39(2,26-43)50-38(47)40-33(23-27-8-4-3-5-9-27)34(44)25-30(37(46)41-36-32-11-7-6-10-29(32)24-35(36)45)22-28-12-14-31(15-13-28)49-21-18-42-16-19-48-20-17-42/h3-15,30,33-36,43-45H,16-26H2,1-2H3,(H,40,47)(H,41,46)/t30?,33?,34?,35-,36-/m0/s1. The summed E-state index contributed by atoms with van der Waals surface area (Å²) in [5.74, 6) is -0.286. The van der Waals surface area contributed by atoms with Crippen LogP contribution in [0.25, 0.3) is 0 Å². The van der Waals surface area contributed by atoms with Gasteiger partial charge in [0, 0.05) is 32.0 Å². The molecule has 2 amide bonds. The summed E-state index contributed by atoms with van der Waals surface area (Å²) in [7, 11) is 0. The Morgan fingerprint density at radius 1 is 0.960 bits per heavy atom. The lowest BCUT2D eigenvalue weighted by molar-refractivity contribution is -0.127. The Hall–Kier alpha value is -4.00. The van der Waals surface area contributed by atoms with Gasteiger partial charge in [0.05, 0.1) is 44.1 Å². The summed E-state index contributed by atoms with van der Waals surface area (Å²) >= 11 is 0. The van der Waals surface area contributed by atoms with Crippen LogP contribution in [0.15, 0.2) is 78.9 Å². The smallest absolute Gasteiger partial charge is 0.408 e. The molecule has 3 aromatic rings. The number of hydrogen-bond donors (Lipinski definition) is 5. The predicted octanol–water partition coefficient (Wildman–Crippen LogP) is 3.19. The van der Waals surface area contributed by atoms with E-state index in [0.29, 0.717) is 19.4 Å². The van der Waals surface area contributed by atoms with Crippen LogP contribution < -0.4 is 15.4 Å². The fourth-order valence-corrected chi connectivity index (χ4v) is 6.50. The first-order chi connectivity index (χ1) is 24.1. The second-order valence-corrected chi connectivity index (χ2v) is 13.9. The largest absolute Gasteiger partial charge is 0.492 e. The summed E-state index contributed by atoms with van der Waals surface area (Å²) in [5, 5.41) is 38.1. The van der Waals surface area contributed by atoms with E-state index < -0.39 is 41.9 Å². The number of alkyl carbamates (subject to hydrolysis) is 1. The zero-order valence-corrected chi connectivity index (χ0v) is 29.0. The molecule has 50 heavy (non-hydrogen) atoms. The lowest BCUT2D eigenvalue weighted by Crippen LogP contribution is -2.49. The molecular formula is C39H51N3O8. The first-order valence-corrected chi connectivity index (χ1v) is 17.5. The van der Waals surface area contributed by atoms with Crippen LogP contribution in [0.1, 0.15) is 48.6 Å². The van der Waals surface area contributed by atoms with Gasteiger partial charge in [-0.25, -0.2) is 4.79 Å². The summed E-state index contributed by atoms with van der Waals surface area (Å²) in [5.41, 5.74) is 2.51. The van der Waals surface area contributed by atoms with Gasteiger partial charge in [-0.2, -0.15) is 0 Å². The molecule has 0 radical (unpaired) electrons. The van der Waals surface area contributed by atoms with E-state index in [1.165, 1.54) is 0 Å². The number of aliphatic hydroxyl groups excluding tert-OH is 3. The Balaban J connectivity index is 1.31. The Morgan fingerprint density at radius 2 is 1.64 bits per heavy atom. The molecule has 5 N–H and O–H groups in total. The van der Waals surface area contributed by atoms with E-state index in [0.717, 1.165) is 60.9 Å². The molecule has 1 heterocycles. The molecule has 1 aliphatic carbocycles. The number of nitrogens with one attached hydrogen (secondary N) is 2. The Bertz CT molecular complexity index is 1510. The van der Waals surface area contributed by atoms with Crippen LogP contribution in [-0.2, 0) is 33.5 Å². The van der Waals surface area contributed by atoms with E-state index in [1.54, 1.807) is 13.8 Å². The number of hydrogen-bond acceptors (Lipinski definition) is 9. The molecule has 11 heteroatoms. The molecule has 1 saturated heterocycles. The molecule has 3 aromatic carbocycles. The number of carbonyl (C=O) groups is 2. The number of fused-ring (bicyclic) bond motifs is 1. The van der Waals surface area contributed by atoms with E-state index in [4.69, 9.17) is 14.2 Å². The number of morpholine rings is 1. The van der Waals surface area contributed by atoms with Gasteiger partial charge in [0.1, 0.15) is 18.0 Å². The Morgan fingerprint density at radius 3 is 2.36 bits per heavy atom. The number of carbonyl (C=O) groups excluding carboxylic acids is 2. The summed E-state index contributed by atoms with van der Waals surface area (Å²) in [6.07, 6.45) is -1.63. The molecule has 1 fully saturated rings. The van der Waals surface area contributed by atoms with Crippen LogP contribution >= 0.6 is 0 Å². The predicted molar refractivity (Wildman–Crippen MR) is 189 cm³/mol. The lowest BCUT2D eigenvalue weighted by Gasteiger charge is -2.30.